The second kappa shape index (κ2) is 8.68. The first-order valence-corrected chi connectivity index (χ1v) is 11.7. The van der Waals surface area contributed by atoms with Crippen LogP contribution in [0.3, 0.4) is 0 Å². The molecule has 0 aliphatic carbocycles. The number of Topliss-reactive ketones (excluding diaryl/α,β-unsaturated/α-hetero) is 1. The molecule has 3 aromatic rings. The maximum Gasteiger partial charge on any atom is 0.416 e. The van der Waals surface area contributed by atoms with Gasteiger partial charge in [0.05, 0.1) is 26.9 Å². The van der Waals surface area contributed by atoms with Gasteiger partial charge in [0.1, 0.15) is 0 Å². The number of carbonyl (C=O) groups is 1. The standard InChI is InChI=1S/C24H26F3N3O2S/c1-13-16(6-5-7-18(13)24(25,26)27)14(2)28-22-17-12-19(33-20(17)15(3)29-30-22)21(31)23(4)8-10-32-11-9-23/h5-7,12,14H,8-11H2,1-4H3,(H,28,30)/t14-/m1/s1. The van der Waals surface area contributed by atoms with Crippen LogP contribution >= 0.6 is 11.3 Å². The molecule has 3 heterocycles. The largest absolute Gasteiger partial charge is 0.416 e. The second-order valence-electron chi connectivity index (χ2n) is 8.87. The average Bonchev–Trinajstić information content (AvgIpc) is 3.21. The Kier molecular flexibility index (Phi) is 6.22. The summed E-state index contributed by atoms with van der Waals surface area (Å²) < 4.78 is 46.3. The van der Waals surface area contributed by atoms with E-state index in [1.807, 2.05) is 19.9 Å². The van der Waals surface area contributed by atoms with Gasteiger partial charge in [-0.3, -0.25) is 4.79 Å². The molecule has 1 aliphatic rings. The number of nitrogens with zero attached hydrogens (tertiary/aromatic N) is 2. The number of carbonyl (C=O) groups excluding carboxylic acids is 1. The first-order valence-electron chi connectivity index (χ1n) is 10.8. The van der Waals surface area contributed by atoms with Gasteiger partial charge in [-0.15, -0.1) is 16.4 Å². The Morgan fingerprint density at radius 1 is 1.21 bits per heavy atom. The van der Waals surface area contributed by atoms with E-state index >= 15 is 0 Å². The lowest BCUT2D eigenvalue weighted by Gasteiger charge is -2.31. The van der Waals surface area contributed by atoms with E-state index in [4.69, 9.17) is 4.74 Å². The van der Waals surface area contributed by atoms with E-state index < -0.39 is 23.2 Å². The number of thiophene rings is 1. The average molecular weight is 478 g/mol. The van der Waals surface area contributed by atoms with Crippen LogP contribution in [0.4, 0.5) is 19.0 Å². The van der Waals surface area contributed by atoms with Crippen molar-refractivity contribution in [1.82, 2.24) is 10.2 Å². The minimum absolute atomic E-state index is 0.0825. The minimum Gasteiger partial charge on any atom is -0.381 e. The number of benzene rings is 1. The Balaban J connectivity index is 1.68. The number of nitrogens with one attached hydrogen (secondary N) is 1. The van der Waals surface area contributed by atoms with Crippen molar-refractivity contribution in [3.8, 4) is 0 Å². The molecule has 2 aromatic heterocycles. The molecule has 1 aliphatic heterocycles. The summed E-state index contributed by atoms with van der Waals surface area (Å²) in [7, 11) is 0. The van der Waals surface area contributed by atoms with Gasteiger partial charge in [0.15, 0.2) is 11.6 Å². The Hall–Kier alpha value is -2.52. The lowest BCUT2D eigenvalue weighted by molar-refractivity contribution is -0.138. The molecule has 176 valence electrons. The predicted octanol–water partition coefficient (Wildman–Crippen LogP) is 6.50. The molecule has 0 bridgehead atoms. The Morgan fingerprint density at radius 2 is 1.91 bits per heavy atom. The number of aromatic nitrogens is 2. The molecule has 1 saturated heterocycles. The minimum atomic E-state index is -4.42. The van der Waals surface area contributed by atoms with Crippen molar-refractivity contribution in [2.75, 3.05) is 18.5 Å². The summed E-state index contributed by atoms with van der Waals surface area (Å²) in [4.78, 5) is 14.0. The molecule has 0 saturated carbocycles. The fourth-order valence-electron chi connectivity index (χ4n) is 4.34. The van der Waals surface area contributed by atoms with E-state index in [1.165, 1.54) is 24.3 Å². The highest BCUT2D eigenvalue weighted by Gasteiger charge is 2.37. The van der Waals surface area contributed by atoms with E-state index in [2.05, 4.69) is 15.5 Å². The van der Waals surface area contributed by atoms with Crippen LogP contribution < -0.4 is 5.32 Å². The summed E-state index contributed by atoms with van der Waals surface area (Å²) in [6, 6.07) is 5.56. The van der Waals surface area contributed by atoms with Gasteiger partial charge in [0, 0.05) is 24.0 Å². The molecule has 5 nitrogen and oxygen atoms in total. The molecule has 0 amide bonds. The van der Waals surface area contributed by atoms with E-state index in [0.717, 1.165) is 16.2 Å². The predicted molar refractivity (Wildman–Crippen MR) is 123 cm³/mol. The number of ether oxygens (including phenoxy) is 1. The fraction of sp³-hybridized carbons (Fsp3) is 0.458. The zero-order valence-electron chi connectivity index (χ0n) is 19.0. The third-order valence-corrected chi connectivity index (χ3v) is 7.73. The number of anilines is 1. The Labute approximate surface area is 194 Å². The molecule has 1 aromatic carbocycles. The molecule has 33 heavy (non-hydrogen) atoms. The monoisotopic (exact) mass is 477 g/mol. The molecule has 1 atom stereocenters. The molecule has 0 unspecified atom stereocenters. The SMILES string of the molecule is Cc1c([C@@H](C)Nc2nnc(C)c3sc(C(=O)C4(C)CCOCC4)cc23)cccc1C(F)(F)F. The molecule has 0 radical (unpaired) electrons. The van der Waals surface area contributed by atoms with Gasteiger partial charge in [-0.1, -0.05) is 19.1 Å². The molecule has 1 N–H and O–H groups in total. The number of fused-ring (bicyclic) bond motifs is 1. The van der Waals surface area contributed by atoms with Crippen molar-refractivity contribution < 1.29 is 22.7 Å². The van der Waals surface area contributed by atoms with Gasteiger partial charge >= 0.3 is 6.18 Å². The quantitative estimate of drug-likeness (QED) is 0.425. The number of halogens is 3. The molecule has 4 rings (SSSR count). The topological polar surface area (TPSA) is 64.1 Å². The lowest BCUT2D eigenvalue weighted by Crippen LogP contribution is -2.34. The van der Waals surface area contributed by atoms with Crippen LogP contribution in [-0.4, -0.2) is 29.2 Å². The number of hydrogen-bond acceptors (Lipinski definition) is 6. The molecule has 1 fully saturated rings. The van der Waals surface area contributed by atoms with E-state index in [-0.39, 0.29) is 11.3 Å². The van der Waals surface area contributed by atoms with Crippen LogP contribution in [0.1, 0.15) is 64.8 Å². The lowest BCUT2D eigenvalue weighted by atomic mass is 9.78. The van der Waals surface area contributed by atoms with Gasteiger partial charge in [0.2, 0.25) is 0 Å². The number of hydrogen-bond donors (Lipinski definition) is 1. The molecular formula is C24H26F3N3O2S. The van der Waals surface area contributed by atoms with Gasteiger partial charge in [-0.25, -0.2) is 0 Å². The highest BCUT2D eigenvalue weighted by Crippen LogP contribution is 2.40. The summed E-state index contributed by atoms with van der Waals surface area (Å²) in [6.45, 7) is 8.20. The fourth-order valence-corrected chi connectivity index (χ4v) is 5.53. The number of aryl methyl sites for hydroxylation is 1. The van der Waals surface area contributed by atoms with Crippen LogP contribution in [-0.2, 0) is 10.9 Å². The van der Waals surface area contributed by atoms with Crippen LogP contribution in [0.25, 0.3) is 10.1 Å². The van der Waals surface area contributed by atoms with Crippen molar-refractivity contribution in [2.24, 2.45) is 5.41 Å². The summed E-state index contributed by atoms with van der Waals surface area (Å²) >= 11 is 1.39. The summed E-state index contributed by atoms with van der Waals surface area (Å²) in [6.07, 6.45) is -3.07. The summed E-state index contributed by atoms with van der Waals surface area (Å²) in [5.41, 5.74) is 0.294. The summed E-state index contributed by atoms with van der Waals surface area (Å²) in [5.74, 6) is 0.534. The number of rotatable bonds is 5. The smallest absolute Gasteiger partial charge is 0.381 e. The summed E-state index contributed by atoms with van der Waals surface area (Å²) in [5, 5.41) is 12.5. The van der Waals surface area contributed by atoms with E-state index in [0.29, 0.717) is 48.0 Å². The zero-order chi connectivity index (χ0) is 24.0. The highest BCUT2D eigenvalue weighted by atomic mass is 32.1. The Morgan fingerprint density at radius 3 is 2.58 bits per heavy atom. The van der Waals surface area contributed by atoms with Gasteiger partial charge < -0.3 is 10.1 Å². The molecule has 0 spiro atoms. The van der Waals surface area contributed by atoms with Crippen molar-refractivity contribution in [2.45, 2.75) is 52.8 Å². The van der Waals surface area contributed by atoms with Crippen molar-refractivity contribution in [3.05, 3.63) is 51.5 Å². The molecular weight excluding hydrogens is 451 g/mol. The van der Waals surface area contributed by atoms with Crippen LogP contribution in [0.5, 0.6) is 0 Å². The van der Waals surface area contributed by atoms with Crippen molar-refractivity contribution in [1.29, 1.82) is 0 Å². The zero-order valence-corrected chi connectivity index (χ0v) is 19.8. The Bertz CT molecular complexity index is 1200. The van der Waals surface area contributed by atoms with Crippen LogP contribution in [0.15, 0.2) is 24.3 Å². The maximum absolute atomic E-state index is 13.4. The van der Waals surface area contributed by atoms with E-state index in [1.54, 1.807) is 13.0 Å². The third kappa shape index (κ3) is 4.48. The second-order valence-corrected chi connectivity index (χ2v) is 9.93. The van der Waals surface area contributed by atoms with Gasteiger partial charge in [0.25, 0.3) is 0 Å². The van der Waals surface area contributed by atoms with Gasteiger partial charge in [-0.2, -0.15) is 18.3 Å². The number of ketones is 1. The third-order valence-electron chi connectivity index (χ3n) is 6.48. The highest BCUT2D eigenvalue weighted by molar-refractivity contribution is 7.21. The first kappa shape index (κ1) is 23.6. The van der Waals surface area contributed by atoms with Gasteiger partial charge in [-0.05, 0) is 56.9 Å². The van der Waals surface area contributed by atoms with Crippen LogP contribution in [0, 0.1) is 19.3 Å². The van der Waals surface area contributed by atoms with E-state index in [9.17, 15) is 18.0 Å². The van der Waals surface area contributed by atoms with Crippen LogP contribution in [0.2, 0.25) is 0 Å². The van der Waals surface area contributed by atoms with Crippen molar-refractivity contribution >= 4 is 33.0 Å². The first-order chi connectivity index (χ1) is 15.5. The maximum atomic E-state index is 13.4. The normalized spacial score (nSPS) is 17.2. The number of alkyl halides is 3. The molecule has 9 heteroatoms. The van der Waals surface area contributed by atoms with Crippen molar-refractivity contribution in [3.63, 3.8) is 0 Å².